The van der Waals surface area contributed by atoms with Crippen LogP contribution in [0.2, 0.25) is 0 Å². The first-order valence-electron chi connectivity index (χ1n) is 4.88. The molecule has 0 unspecified atom stereocenters. The molecule has 0 aromatic rings. The van der Waals surface area contributed by atoms with Gasteiger partial charge in [-0.3, -0.25) is 0 Å². The van der Waals surface area contributed by atoms with E-state index in [1.54, 1.807) is 12.5 Å². The second kappa shape index (κ2) is 5.08. The minimum absolute atomic E-state index is 0.130. The average molecular weight is 198 g/mol. The van der Waals surface area contributed by atoms with Crippen LogP contribution in [-0.4, -0.2) is 11.2 Å². The quantitative estimate of drug-likeness (QED) is 0.509. The molecule has 0 aliphatic heterocycles. The second-order valence-electron chi connectivity index (χ2n) is 5.12. The normalized spacial score (nSPS) is 13.9. The van der Waals surface area contributed by atoms with Gasteiger partial charge >= 0.3 is 0 Å². The smallest absolute Gasteiger partial charge is 0.0998 e. The van der Waals surface area contributed by atoms with Crippen molar-refractivity contribution >= 4 is 0 Å². The fourth-order valence-electron chi connectivity index (χ4n) is 0.578. The minimum Gasteiger partial charge on any atom is -0.496 e. The van der Waals surface area contributed by atoms with Crippen molar-refractivity contribution in [1.82, 2.24) is 0 Å². The Morgan fingerprint density at radius 1 is 0.643 bits per heavy atom. The van der Waals surface area contributed by atoms with E-state index < -0.39 is 0 Å². The highest BCUT2D eigenvalue weighted by Crippen LogP contribution is 2.08. The van der Waals surface area contributed by atoms with Crippen LogP contribution in [-0.2, 0) is 9.47 Å². The lowest BCUT2D eigenvalue weighted by molar-refractivity contribution is 0.0740. The second-order valence-corrected chi connectivity index (χ2v) is 5.12. The molecule has 0 aliphatic carbocycles. The van der Waals surface area contributed by atoms with E-state index in [9.17, 15) is 0 Å². The zero-order chi connectivity index (χ0) is 11.2. The van der Waals surface area contributed by atoms with Crippen LogP contribution in [0.3, 0.4) is 0 Å². The van der Waals surface area contributed by atoms with Crippen LogP contribution in [0.25, 0.3) is 0 Å². The number of hydrogen-bond donors (Lipinski definition) is 0. The van der Waals surface area contributed by atoms with Gasteiger partial charge in [-0.1, -0.05) is 0 Å². The molecular weight excluding hydrogens is 176 g/mol. The Labute approximate surface area is 87.6 Å². The molecule has 0 aromatic carbocycles. The largest absolute Gasteiger partial charge is 0.496 e. The van der Waals surface area contributed by atoms with E-state index in [1.165, 1.54) is 0 Å². The lowest BCUT2D eigenvalue weighted by atomic mass is 10.2. The molecule has 0 saturated heterocycles. The van der Waals surface area contributed by atoms with Crippen LogP contribution >= 0.6 is 0 Å². The summed E-state index contributed by atoms with van der Waals surface area (Å²) >= 11 is 0. The summed E-state index contributed by atoms with van der Waals surface area (Å²) in [5, 5.41) is 0. The van der Waals surface area contributed by atoms with Gasteiger partial charge in [-0.25, -0.2) is 0 Å². The molecule has 0 spiro atoms. The highest BCUT2D eigenvalue weighted by atomic mass is 16.5. The summed E-state index contributed by atoms with van der Waals surface area (Å²) in [5.41, 5.74) is -0.259. The molecule has 14 heavy (non-hydrogen) atoms. The fraction of sp³-hybridized carbons (Fsp3) is 0.667. The number of rotatable bonds is 3. The standard InChI is InChI=1S/C12H22O2/c1-11(2,3)13-9-7-8-10-14-12(4,5)6/h7-10H,1-6H3/b9-7-,10-8-. The maximum atomic E-state index is 5.37. The summed E-state index contributed by atoms with van der Waals surface area (Å²) < 4.78 is 10.7. The Morgan fingerprint density at radius 3 is 1.14 bits per heavy atom. The monoisotopic (exact) mass is 198 g/mol. The number of hydrogen-bond acceptors (Lipinski definition) is 2. The Morgan fingerprint density at radius 2 is 0.929 bits per heavy atom. The van der Waals surface area contributed by atoms with Gasteiger partial charge in [0.25, 0.3) is 0 Å². The van der Waals surface area contributed by atoms with Gasteiger partial charge in [0.05, 0.1) is 23.7 Å². The van der Waals surface area contributed by atoms with Crippen molar-refractivity contribution in [3.8, 4) is 0 Å². The van der Waals surface area contributed by atoms with Gasteiger partial charge in [0, 0.05) is 0 Å². The predicted octanol–water partition coefficient (Wildman–Crippen LogP) is 3.64. The summed E-state index contributed by atoms with van der Waals surface area (Å²) in [4.78, 5) is 0. The fourth-order valence-corrected chi connectivity index (χ4v) is 0.578. The maximum Gasteiger partial charge on any atom is 0.0998 e. The first-order valence-corrected chi connectivity index (χ1v) is 4.88. The van der Waals surface area contributed by atoms with Crippen molar-refractivity contribution in [1.29, 1.82) is 0 Å². The first-order chi connectivity index (χ1) is 6.21. The molecule has 0 aliphatic rings. The Kier molecular flexibility index (Phi) is 4.75. The summed E-state index contributed by atoms with van der Waals surface area (Å²) in [5.74, 6) is 0. The summed E-state index contributed by atoms with van der Waals surface area (Å²) in [6, 6.07) is 0. The minimum atomic E-state index is -0.130. The molecule has 2 nitrogen and oxygen atoms in total. The molecule has 2 heteroatoms. The Hall–Kier alpha value is -0.920. The Bertz CT molecular complexity index is 177. The van der Waals surface area contributed by atoms with E-state index in [1.807, 2.05) is 53.7 Å². The van der Waals surface area contributed by atoms with Crippen LogP contribution in [0.5, 0.6) is 0 Å². The van der Waals surface area contributed by atoms with Gasteiger partial charge in [0.2, 0.25) is 0 Å². The molecule has 0 radical (unpaired) electrons. The van der Waals surface area contributed by atoms with Gasteiger partial charge < -0.3 is 9.47 Å². The van der Waals surface area contributed by atoms with E-state index in [0.717, 1.165) is 0 Å². The van der Waals surface area contributed by atoms with Gasteiger partial charge in [-0.15, -0.1) is 0 Å². The molecule has 0 N–H and O–H groups in total. The van der Waals surface area contributed by atoms with Crippen LogP contribution < -0.4 is 0 Å². The molecule has 82 valence electrons. The van der Waals surface area contributed by atoms with E-state index >= 15 is 0 Å². The zero-order valence-corrected chi connectivity index (χ0v) is 10.1. The summed E-state index contributed by atoms with van der Waals surface area (Å²) in [7, 11) is 0. The number of allylic oxidation sites excluding steroid dienone is 2. The molecule has 0 fully saturated rings. The van der Waals surface area contributed by atoms with Gasteiger partial charge in [-0.2, -0.15) is 0 Å². The van der Waals surface area contributed by atoms with E-state index in [-0.39, 0.29) is 11.2 Å². The van der Waals surface area contributed by atoms with E-state index in [4.69, 9.17) is 9.47 Å². The lowest BCUT2D eigenvalue weighted by Gasteiger charge is -2.18. The van der Waals surface area contributed by atoms with E-state index in [0.29, 0.717) is 0 Å². The van der Waals surface area contributed by atoms with Crippen molar-refractivity contribution in [2.24, 2.45) is 0 Å². The highest BCUT2D eigenvalue weighted by Gasteiger charge is 2.07. The third-order valence-electron chi connectivity index (χ3n) is 1.11. The molecule has 0 bridgehead atoms. The zero-order valence-electron chi connectivity index (χ0n) is 10.1. The van der Waals surface area contributed by atoms with Crippen molar-refractivity contribution in [2.45, 2.75) is 52.7 Å². The third-order valence-corrected chi connectivity index (χ3v) is 1.11. The molecule has 0 amide bonds. The predicted molar refractivity (Wildman–Crippen MR) is 60.0 cm³/mol. The first kappa shape index (κ1) is 13.1. The molecule has 0 rings (SSSR count). The molecule has 0 saturated carbocycles. The van der Waals surface area contributed by atoms with Crippen LogP contribution in [0, 0.1) is 0 Å². The van der Waals surface area contributed by atoms with Crippen LogP contribution in [0.1, 0.15) is 41.5 Å². The van der Waals surface area contributed by atoms with Gasteiger partial charge in [0.1, 0.15) is 0 Å². The maximum absolute atomic E-state index is 5.37. The molecule has 0 heterocycles. The summed E-state index contributed by atoms with van der Waals surface area (Å²) in [6.07, 6.45) is 6.97. The summed E-state index contributed by atoms with van der Waals surface area (Å²) in [6.45, 7) is 12.0. The highest BCUT2D eigenvalue weighted by molar-refractivity contribution is 4.97. The van der Waals surface area contributed by atoms with Gasteiger partial charge in [0.15, 0.2) is 0 Å². The van der Waals surface area contributed by atoms with Crippen molar-refractivity contribution in [2.75, 3.05) is 0 Å². The van der Waals surface area contributed by atoms with Crippen molar-refractivity contribution < 1.29 is 9.47 Å². The van der Waals surface area contributed by atoms with Crippen LogP contribution in [0.15, 0.2) is 24.7 Å². The topological polar surface area (TPSA) is 18.5 Å². The SMILES string of the molecule is CC(C)(C)O/C=C\C=C/OC(C)(C)C. The van der Waals surface area contributed by atoms with Gasteiger partial charge in [-0.05, 0) is 53.7 Å². The van der Waals surface area contributed by atoms with Crippen molar-refractivity contribution in [3.05, 3.63) is 24.7 Å². The van der Waals surface area contributed by atoms with E-state index in [2.05, 4.69) is 0 Å². The third kappa shape index (κ3) is 11.1. The van der Waals surface area contributed by atoms with Crippen molar-refractivity contribution in [3.63, 3.8) is 0 Å². The molecule has 0 aromatic heterocycles. The number of ether oxygens (including phenoxy) is 2. The molecular formula is C12H22O2. The molecule has 0 atom stereocenters. The average Bonchev–Trinajstić information content (AvgIpc) is 1.92. The Balaban J connectivity index is 3.73. The van der Waals surface area contributed by atoms with Crippen LogP contribution in [0.4, 0.5) is 0 Å². The lowest BCUT2D eigenvalue weighted by Crippen LogP contribution is -2.15.